The lowest BCUT2D eigenvalue weighted by Gasteiger charge is -2.22. The van der Waals surface area contributed by atoms with Gasteiger partial charge >= 0.3 is 11.9 Å². The van der Waals surface area contributed by atoms with Gasteiger partial charge < -0.3 is 15.2 Å². The summed E-state index contributed by atoms with van der Waals surface area (Å²) >= 11 is 0. The number of aryl methyl sites for hydroxylation is 1. The van der Waals surface area contributed by atoms with Crippen LogP contribution in [-0.2, 0) is 9.53 Å². The van der Waals surface area contributed by atoms with E-state index in [4.69, 9.17) is 10.5 Å². The first kappa shape index (κ1) is 15.4. The van der Waals surface area contributed by atoms with Crippen molar-refractivity contribution in [2.45, 2.75) is 25.8 Å². The van der Waals surface area contributed by atoms with Crippen molar-refractivity contribution in [3.63, 3.8) is 0 Å². The number of carbonyl (C=O) groups excluding carboxylic acids is 1. The first-order valence-electron chi connectivity index (χ1n) is 5.79. The minimum absolute atomic E-state index is 0.122. The van der Waals surface area contributed by atoms with E-state index in [1.807, 2.05) is 0 Å². The minimum atomic E-state index is -3.77. The van der Waals surface area contributed by atoms with Gasteiger partial charge in [-0.2, -0.15) is 8.78 Å². The summed E-state index contributed by atoms with van der Waals surface area (Å²) in [4.78, 5) is 11.2. The van der Waals surface area contributed by atoms with Crippen LogP contribution in [0.1, 0.15) is 24.1 Å². The molecule has 1 aromatic carbocycles. The van der Waals surface area contributed by atoms with E-state index in [1.54, 1.807) is 6.92 Å². The van der Waals surface area contributed by atoms with E-state index in [0.717, 1.165) is 0 Å². The zero-order valence-electron chi connectivity index (χ0n) is 11.1. The Labute approximate surface area is 110 Å². The van der Waals surface area contributed by atoms with Crippen LogP contribution in [0, 0.1) is 6.92 Å². The van der Waals surface area contributed by atoms with E-state index in [9.17, 15) is 13.6 Å². The summed E-state index contributed by atoms with van der Waals surface area (Å²) in [6.45, 7) is 3.04. The van der Waals surface area contributed by atoms with Gasteiger partial charge in [-0.3, -0.25) is 0 Å². The summed E-state index contributed by atoms with van der Waals surface area (Å²) in [6.07, 6.45) is 0. The van der Waals surface area contributed by atoms with Crippen molar-refractivity contribution >= 4 is 5.97 Å². The first-order valence-corrected chi connectivity index (χ1v) is 5.79. The predicted octanol–water partition coefficient (Wildman–Crippen LogP) is 2.20. The summed E-state index contributed by atoms with van der Waals surface area (Å²) in [5, 5.41) is 0. The highest BCUT2D eigenvalue weighted by molar-refractivity contribution is 5.78. The standard InChI is InChI=1S/C13H17F2NO3/c1-4-19-12(17)13(14,15)11(16)9-5-6-10(18-3)8(2)7-9/h5-7,11H,4,16H2,1-3H3/t11-/m0/s1. The van der Waals surface area contributed by atoms with Crippen molar-refractivity contribution in [2.75, 3.05) is 13.7 Å². The molecule has 0 saturated heterocycles. The highest BCUT2D eigenvalue weighted by atomic mass is 19.3. The second-order valence-electron chi connectivity index (χ2n) is 4.05. The normalized spacial score (nSPS) is 12.9. The third kappa shape index (κ3) is 3.20. The number of carbonyl (C=O) groups is 1. The molecule has 1 aromatic rings. The second-order valence-corrected chi connectivity index (χ2v) is 4.05. The molecule has 0 spiro atoms. The number of hydrogen-bond acceptors (Lipinski definition) is 4. The molecular formula is C13H17F2NO3. The Morgan fingerprint density at radius 2 is 2.11 bits per heavy atom. The number of methoxy groups -OCH3 is 1. The van der Waals surface area contributed by atoms with Gasteiger partial charge in [-0.15, -0.1) is 0 Å². The number of hydrogen-bond donors (Lipinski definition) is 1. The summed E-state index contributed by atoms with van der Waals surface area (Å²) in [6, 6.07) is 2.66. The SMILES string of the molecule is CCOC(=O)C(F)(F)[C@@H](N)c1ccc(OC)c(C)c1. The molecule has 0 aromatic heterocycles. The molecule has 1 atom stereocenters. The van der Waals surface area contributed by atoms with Crippen LogP contribution in [0.4, 0.5) is 8.78 Å². The number of esters is 1. The molecule has 0 saturated carbocycles. The Balaban J connectivity index is 3.02. The number of halogens is 2. The highest BCUT2D eigenvalue weighted by Gasteiger charge is 2.47. The fourth-order valence-corrected chi connectivity index (χ4v) is 1.66. The molecule has 6 heteroatoms. The average Bonchev–Trinajstić information content (AvgIpc) is 2.37. The third-order valence-electron chi connectivity index (χ3n) is 2.72. The Bertz CT molecular complexity index is 463. The van der Waals surface area contributed by atoms with E-state index in [0.29, 0.717) is 11.3 Å². The van der Waals surface area contributed by atoms with Crippen molar-refractivity contribution in [1.29, 1.82) is 0 Å². The zero-order valence-corrected chi connectivity index (χ0v) is 11.1. The summed E-state index contributed by atoms with van der Waals surface area (Å²) < 4.78 is 36.9. The molecule has 4 nitrogen and oxygen atoms in total. The molecule has 19 heavy (non-hydrogen) atoms. The maximum atomic E-state index is 13.8. The quantitative estimate of drug-likeness (QED) is 0.835. The van der Waals surface area contributed by atoms with Crippen LogP contribution in [0.15, 0.2) is 18.2 Å². The van der Waals surface area contributed by atoms with E-state index >= 15 is 0 Å². The molecule has 0 fully saturated rings. The zero-order chi connectivity index (χ0) is 14.6. The molecule has 1 rings (SSSR count). The summed E-state index contributed by atoms with van der Waals surface area (Å²) in [5.74, 6) is -4.82. The van der Waals surface area contributed by atoms with Crippen molar-refractivity contribution in [1.82, 2.24) is 0 Å². The van der Waals surface area contributed by atoms with Crippen LogP contribution >= 0.6 is 0 Å². The molecular weight excluding hydrogens is 256 g/mol. The van der Waals surface area contributed by atoms with Crippen LogP contribution in [-0.4, -0.2) is 25.6 Å². The van der Waals surface area contributed by atoms with E-state index < -0.39 is 17.9 Å². The Morgan fingerprint density at radius 3 is 2.58 bits per heavy atom. The van der Waals surface area contributed by atoms with Crippen LogP contribution in [0.3, 0.4) is 0 Å². The van der Waals surface area contributed by atoms with Gasteiger partial charge in [-0.1, -0.05) is 12.1 Å². The number of rotatable bonds is 5. The maximum Gasteiger partial charge on any atom is 0.379 e. The molecule has 0 radical (unpaired) electrons. The molecule has 0 bridgehead atoms. The van der Waals surface area contributed by atoms with Crippen molar-refractivity contribution in [3.8, 4) is 5.75 Å². The molecule has 0 aliphatic carbocycles. The van der Waals surface area contributed by atoms with E-state index in [-0.39, 0.29) is 12.2 Å². The van der Waals surface area contributed by atoms with Crippen molar-refractivity contribution in [2.24, 2.45) is 5.73 Å². The van der Waals surface area contributed by atoms with Gasteiger partial charge in [0.2, 0.25) is 0 Å². The number of alkyl halides is 2. The first-order chi connectivity index (χ1) is 8.84. The number of nitrogens with two attached hydrogens (primary N) is 1. The molecule has 0 heterocycles. The van der Waals surface area contributed by atoms with E-state index in [2.05, 4.69) is 4.74 Å². The van der Waals surface area contributed by atoms with Crippen LogP contribution in [0.5, 0.6) is 5.75 Å². The molecule has 0 unspecified atom stereocenters. The van der Waals surface area contributed by atoms with Gasteiger partial charge in [-0.25, -0.2) is 4.79 Å². The van der Waals surface area contributed by atoms with Gasteiger partial charge in [0.05, 0.1) is 13.7 Å². The van der Waals surface area contributed by atoms with Gasteiger partial charge in [0, 0.05) is 0 Å². The van der Waals surface area contributed by atoms with Gasteiger partial charge in [-0.05, 0) is 31.0 Å². The van der Waals surface area contributed by atoms with Crippen LogP contribution < -0.4 is 10.5 Å². The molecule has 0 amide bonds. The lowest BCUT2D eigenvalue weighted by atomic mass is 9.99. The number of ether oxygens (including phenoxy) is 2. The highest BCUT2D eigenvalue weighted by Crippen LogP contribution is 2.32. The van der Waals surface area contributed by atoms with Crippen molar-refractivity contribution in [3.05, 3.63) is 29.3 Å². The topological polar surface area (TPSA) is 61.5 Å². The summed E-state index contributed by atoms with van der Waals surface area (Å²) in [5.41, 5.74) is 6.28. The average molecular weight is 273 g/mol. The Morgan fingerprint density at radius 1 is 1.47 bits per heavy atom. The second kappa shape index (κ2) is 5.97. The van der Waals surface area contributed by atoms with E-state index in [1.165, 1.54) is 32.2 Å². The van der Waals surface area contributed by atoms with Crippen LogP contribution in [0.2, 0.25) is 0 Å². The van der Waals surface area contributed by atoms with Crippen LogP contribution in [0.25, 0.3) is 0 Å². The molecule has 0 aliphatic rings. The lowest BCUT2D eigenvalue weighted by molar-refractivity contribution is -0.174. The molecule has 106 valence electrons. The Hall–Kier alpha value is -1.69. The monoisotopic (exact) mass is 273 g/mol. The lowest BCUT2D eigenvalue weighted by Crippen LogP contribution is -2.41. The Kier molecular flexibility index (Phi) is 4.83. The maximum absolute atomic E-state index is 13.8. The predicted molar refractivity (Wildman–Crippen MR) is 66.2 cm³/mol. The fourth-order valence-electron chi connectivity index (χ4n) is 1.66. The van der Waals surface area contributed by atoms with Gasteiger partial charge in [0.1, 0.15) is 11.8 Å². The fraction of sp³-hybridized carbons (Fsp3) is 0.462. The smallest absolute Gasteiger partial charge is 0.379 e. The minimum Gasteiger partial charge on any atom is -0.496 e. The summed E-state index contributed by atoms with van der Waals surface area (Å²) in [7, 11) is 1.48. The largest absolute Gasteiger partial charge is 0.496 e. The third-order valence-corrected chi connectivity index (χ3v) is 2.72. The molecule has 2 N–H and O–H groups in total. The van der Waals surface area contributed by atoms with Gasteiger partial charge in [0.25, 0.3) is 0 Å². The number of benzene rings is 1. The van der Waals surface area contributed by atoms with Gasteiger partial charge in [0.15, 0.2) is 0 Å². The molecule has 0 aliphatic heterocycles. The van der Waals surface area contributed by atoms with Crippen molar-refractivity contribution < 1.29 is 23.0 Å².